The Balaban J connectivity index is 0.000000216. The first-order valence-electron chi connectivity index (χ1n) is 12.3. The molecule has 39 heavy (non-hydrogen) atoms. The maximum Gasteiger partial charge on any atom is 0.360 e. The number of hydrogen-bond acceptors (Lipinski definition) is 9. The zero-order chi connectivity index (χ0) is 28.4. The van der Waals surface area contributed by atoms with Gasteiger partial charge in [0.05, 0.1) is 20.3 Å². The summed E-state index contributed by atoms with van der Waals surface area (Å²) in [5, 5.41) is 0. The molecule has 10 nitrogen and oxygen atoms in total. The van der Waals surface area contributed by atoms with Crippen molar-refractivity contribution in [1.82, 2.24) is 9.97 Å². The van der Waals surface area contributed by atoms with Crippen LogP contribution in [-0.2, 0) is 27.4 Å². The summed E-state index contributed by atoms with van der Waals surface area (Å²) in [6.07, 6.45) is -0.681. The Kier molecular flexibility index (Phi) is 10.5. The van der Waals surface area contributed by atoms with Crippen molar-refractivity contribution in [2.24, 2.45) is 5.73 Å². The van der Waals surface area contributed by atoms with Crippen molar-refractivity contribution in [1.29, 1.82) is 0 Å². The predicted octanol–water partition coefficient (Wildman–Crippen LogP) is 5.41. The fourth-order valence-corrected chi connectivity index (χ4v) is 3.43. The lowest BCUT2D eigenvalue weighted by molar-refractivity contribution is 0.0340. The van der Waals surface area contributed by atoms with Crippen LogP contribution in [0.5, 0.6) is 0 Å². The van der Waals surface area contributed by atoms with E-state index in [1.54, 1.807) is 13.8 Å². The lowest BCUT2D eigenvalue weighted by Crippen LogP contribution is -2.13. The van der Waals surface area contributed by atoms with Crippen LogP contribution in [0.3, 0.4) is 0 Å². The van der Waals surface area contributed by atoms with E-state index in [1.165, 1.54) is 7.11 Å². The molecule has 0 saturated carbocycles. The molecule has 0 bridgehead atoms. The average molecular weight is 536 g/mol. The number of nitrogens with zero attached hydrogens (tertiary/aromatic N) is 2. The number of ether oxygens (including phenoxy) is 3. The van der Waals surface area contributed by atoms with Gasteiger partial charge in [-0.15, -0.1) is 0 Å². The number of oxazole rings is 2. The van der Waals surface area contributed by atoms with Gasteiger partial charge in [-0.05, 0) is 38.8 Å². The third kappa shape index (κ3) is 8.36. The number of hydrogen-bond donors (Lipinski definition) is 1. The van der Waals surface area contributed by atoms with Gasteiger partial charge in [-0.25, -0.2) is 14.8 Å². The van der Waals surface area contributed by atoms with E-state index in [0.29, 0.717) is 36.5 Å². The molecule has 0 aliphatic rings. The molecule has 0 spiro atoms. The van der Waals surface area contributed by atoms with Gasteiger partial charge in [-0.3, -0.25) is 4.79 Å². The first kappa shape index (κ1) is 29.3. The molecular formula is C29H33N3O7. The number of methoxy groups -OCH3 is 1. The number of aryl methyl sites for hydroxylation is 2. The van der Waals surface area contributed by atoms with Crippen molar-refractivity contribution in [3.63, 3.8) is 0 Å². The van der Waals surface area contributed by atoms with E-state index in [2.05, 4.69) is 14.7 Å². The van der Waals surface area contributed by atoms with Gasteiger partial charge in [0.25, 0.3) is 5.91 Å². The Labute approximate surface area is 227 Å². The second-order valence-corrected chi connectivity index (χ2v) is 8.65. The second kappa shape index (κ2) is 14.0. The first-order chi connectivity index (χ1) is 18.7. The van der Waals surface area contributed by atoms with Crippen LogP contribution in [0.4, 0.5) is 0 Å². The third-order valence-corrected chi connectivity index (χ3v) is 5.62. The number of carbonyl (C=O) groups excluding carboxylic acids is 2. The number of amides is 1. The highest BCUT2D eigenvalue weighted by Gasteiger charge is 2.21. The van der Waals surface area contributed by atoms with Crippen LogP contribution < -0.4 is 5.73 Å². The van der Waals surface area contributed by atoms with Gasteiger partial charge in [0, 0.05) is 0 Å². The average Bonchev–Trinajstić information content (AvgIpc) is 3.54. The minimum Gasteiger partial charge on any atom is -0.464 e. The summed E-state index contributed by atoms with van der Waals surface area (Å²) in [7, 11) is 1.31. The van der Waals surface area contributed by atoms with E-state index >= 15 is 0 Å². The number of esters is 1. The smallest absolute Gasteiger partial charge is 0.360 e. The van der Waals surface area contributed by atoms with Crippen molar-refractivity contribution in [3.8, 4) is 0 Å². The fraction of sp³-hybridized carbons (Fsp3) is 0.310. The Morgan fingerprint density at radius 2 is 1.18 bits per heavy atom. The molecule has 2 N–H and O–H groups in total. The zero-order valence-corrected chi connectivity index (χ0v) is 22.7. The summed E-state index contributed by atoms with van der Waals surface area (Å²) in [5.41, 5.74) is 7.67. The van der Waals surface area contributed by atoms with Gasteiger partial charge in [0.2, 0.25) is 11.8 Å². The number of aromatic nitrogens is 2. The number of benzene rings is 2. The molecule has 4 rings (SSSR count). The van der Waals surface area contributed by atoms with E-state index in [4.69, 9.17) is 24.0 Å². The molecule has 2 unspecified atom stereocenters. The van der Waals surface area contributed by atoms with Gasteiger partial charge < -0.3 is 28.8 Å². The van der Waals surface area contributed by atoms with Gasteiger partial charge >= 0.3 is 5.97 Å². The quantitative estimate of drug-likeness (QED) is 0.264. The van der Waals surface area contributed by atoms with E-state index in [-0.39, 0.29) is 23.6 Å². The largest absolute Gasteiger partial charge is 0.464 e. The molecule has 2 aromatic heterocycles. The Bertz CT molecular complexity index is 1350. The number of carbonyl (C=O) groups is 2. The first-order valence-corrected chi connectivity index (χ1v) is 12.3. The Morgan fingerprint density at radius 1 is 0.769 bits per heavy atom. The second-order valence-electron chi connectivity index (χ2n) is 8.65. The van der Waals surface area contributed by atoms with Crippen molar-refractivity contribution >= 4 is 11.9 Å². The maximum absolute atomic E-state index is 11.5. The Morgan fingerprint density at radius 3 is 1.56 bits per heavy atom. The molecule has 1 amide bonds. The molecule has 0 radical (unpaired) electrons. The molecule has 0 aliphatic heterocycles. The summed E-state index contributed by atoms with van der Waals surface area (Å²) in [4.78, 5) is 30.7. The third-order valence-electron chi connectivity index (χ3n) is 5.62. The van der Waals surface area contributed by atoms with Crippen molar-refractivity contribution in [3.05, 3.63) is 106 Å². The molecule has 2 aromatic carbocycles. The highest BCUT2D eigenvalue weighted by atomic mass is 16.5. The molecule has 0 aliphatic carbocycles. The zero-order valence-electron chi connectivity index (χ0n) is 22.7. The lowest BCUT2D eigenvalue weighted by Gasteiger charge is -2.09. The van der Waals surface area contributed by atoms with Gasteiger partial charge in [-0.2, -0.15) is 0 Å². The molecule has 2 atom stereocenters. The summed E-state index contributed by atoms with van der Waals surface area (Å²) >= 11 is 0. The highest BCUT2D eigenvalue weighted by molar-refractivity contribution is 5.91. The van der Waals surface area contributed by atoms with E-state index in [9.17, 15) is 9.59 Å². The minimum atomic E-state index is -0.595. The van der Waals surface area contributed by atoms with E-state index < -0.39 is 11.9 Å². The summed E-state index contributed by atoms with van der Waals surface area (Å²) < 4.78 is 26.8. The molecular weight excluding hydrogens is 502 g/mol. The number of rotatable bonds is 10. The van der Waals surface area contributed by atoms with Crippen LogP contribution in [0.1, 0.15) is 81.5 Å². The van der Waals surface area contributed by atoms with Gasteiger partial charge in [0.15, 0.2) is 11.4 Å². The topological polar surface area (TPSA) is 140 Å². The Hall–Kier alpha value is -4.28. The maximum atomic E-state index is 11.5. The van der Waals surface area contributed by atoms with Crippen LogP contribution in [0, 0.1) is 13.8 Å². The molecule has 0 saturated heterocycles. The minimum absolute atomic E-state index is 0.158. The van der Waals surface area contributed by atoms with Crippen molar-refractivity contribution in [2.45, 2.75) is 53.1 Å². The van der Waals surface area contributed by atoms with Crippen molar-refractivity contribution < 1.29 is 32.6 Å². The standard InChI is InChI=1S/C15H17NO4.C14H16N2O3/c1-10-13(15(17)18-3)16-14(20-10)11(2)19-9-12-7-5-4-6-8-12;1-9-12(13(15)17)16-14(19-9)10(2)18-8-11-6-4-3-5-7-11/h4-8,11H,9H2,1-3H3;3-7,10H,8H2,1-2H3,(H2,15,17). The SMILES string of the molecule is COC(=O)c1nc(C(C)OCc2ccccc2)oc1C.Cc1oc(C(C)OCc2ccccc2)nc1C(N)=O. The summed E-state index contributed by atoms with van der Waals surface area (Å²) in [5.74, 6) is 0.483. The van der Waals surface area contributed by atoms with Gasteiger partial charge in [-0.1, -0.05) is 60.7 Å². The summed E-state index contributed by atoms with van der Waals surface area (Å²) in [6, 6.07) is 19.6. The van der Waals surface area contributed by atoms with Crippen LogP contribution in [0.25, 0.3) is 0 Å². The van der Waals surface area contributed by atoms with E-state index in [1.807, 2.05) is 74.5 Å². The lowest BCUT2D eigenvalue weighted by atomic mass is 10.2. The van der Waals surface area contributed by atoms with Gasteiger partial charge in [0.1, 0.15) is 23.7 Å². The summed E-state index contributed by atoms with van der Waals surface area (Å²) in [6.45, 7) is 7.88. The molecule has 0 fully saturated rings. The number of primary amides is 1. The fourth-order valence-electron chi connectivity index (χ4n) is 3.43. The van der Waals surface area contributed by atoms with Crippen LogP contribution in [0.2, 0.25) is 0 Å². The van der Waals surface area contributed by atoms with Crippen LogP contribution >= 0.6 is 0 Å². The molecule has 10 heteroatoms. The highest BCUT2D eigenvalue weighted by Crippen LogP contribution is 2.22. The molecule has 206 valence electrons. The number of nitrogens with two attached hydrogens (primary N) is 1. The molecule has 2 heterocycles. The predicted molar refractivity (Wildman–Crippen MR) is 142 cm³/mol. The van der Waals surface area contributed by atoms with Crippen LogP contribution in [0.15, 0.2) is 69.5 Å². The van der Waals surface area contributed by atoms with Crippen molar-refractivity contribution in [2.75, 3.05) is 7.11 Å². The monoisotopic (exact) mass is 535 g/mol. The van der Waals surface area contributed by atoms with Crippen LogP contribution in [-0.4, -0.2) is 29.0 Å². The molecule has 4 aromatic rings. The van der Waals surface area contributed by atoms with E-state index in [0.717, 1.165) is 11.1 Å². The normalized spacial score (nSPS) is 12.2.